The first kappa shape index (κ1) is 18.3. The molecule has 0 aromatic heterocycles. The Kier molecular flexibility index (Phi) is 5.40. The Morgan fingerprint density at radius 3 is 0.960 bits per heavy atom. The van der Waals surface area contributed by atoms with Gasteiger partial charge in [-0.25, -0.2) is 0 Å². The van der Waals surface area contributed by atoms with Gasteiger partial charge < -0.3 is 0 Å². The summed E-state index contributed by atoms with van der Waals surface area (Å²) in [4.78, 5) is 0. The summed E-state index contributed by atoms with van der Waals surface area (Å²) >= 11 is -2.05. The molecule has 0 bridgehead atoms. The zero-order valence-electron chi connectivity index (χ0n) is 16.1. The minimum atomic E-state index is -2.05. The molecule has 0 nitrogen and oxygen atoms in total. The molecule has 1 heteroatoms. The van der Waals surface area contributed by atoms with Crippen molar-refractivity contribution in [2.45, 2.75) is 41.5 Å². The van der Waals surface area contributed by atoms with Crippen LogP contribution in [0, 0.1) is 41.5 Å². The molecule has 0 saturated heterocycles. The van der Waals surface area contributed by atoms with Gasteiger partial charge >= 0.3 is 160 Å². The van der Waals surface area contributed by atoms with Gasteiger partial charge in [-0.1, -0.05) is 0 Å². The number of aryl methyl sites for hydroxylation is 6. The standard InChI is InChI=1S/3C8H9.Sb/c3*1-7-4-3-5-8(2)6-7;/h3*3-4,6H,1-2H3;. The van der Waals surface area contributed by atoms with E-state index in [0.717, 1.165) is 0 Å². The number of rotatable bonds is 3. The van der Waals surface area contributed by atoms with Gasteiger partial charge in [-0.15, -0.1) is 0 Å². The zero-order chi connectivity index (χ0) is 18.1. The van der Waals surface area contributed by atoms with Crippen LogP contribution in [0.4, 0.5) is 0 Å². The van der Waals surface area contributed by atoms with Crippen molar-refractivity contribution >= 4 is 30.7 Å². The van der Waals surface area contributed by atoms with Crippen LogP contribution in [0.3, 0.4) is 0 Å². The van der Waals surface area contributed by atoms with Gasteiger partial charge in [0.2, 0.25) is 0 Å². The van der Waals surface area contributed by atoms with Crippen molar-refractivity contribution in [2.75, 3.05) is 0 Å². The second kappa shape index (κ2) is 7.38. The summed E-state index contributed by atoms with van der Waals surface area (Å²) in [5.74, 6) is 0. The Labute approximate surface area is 159 Å². The van der Waals surface area contributed by atoms with Crippen LogP contribution in [0.1, 0.15) is 33.4 Å². The molecule has 0 heterocycles. The maximum atomic E-state index is 2.39. The van der Waals surface area contributed by atoms with Crippen LogP contribution in [0.25, 0.3) is 0 Å². The van der Waals surface area contributed by atoms with E-state index in [1.54, 1.807) is 10.5 Å². The van der Waals surface area contributed by atoms with Crippen LogP contribution in [0.2, 0.25) is 0 Å². The predicted molar refractivity (Wildman–Crippen MR) is 112 cm³/mol. The van der Waals surface area contributed by atoms with E-state index in [2.05, 4.69) is 96.1 Å². The van der Waals surface area contributed by atoms with Crippen molar-refractivity contribution in [1.29, 1.82) is 0 Å². The summed E-state index contributed by atoms with van der Waals surface area (Å²) < 4.78 is 4.77. The monoisotopic (exact) mass is 436 g/mol. The average molecular weight is 437 g/mol. The summed E-state index contributed by atoms with van der Waals surface area (Å²) in [7, 11) is 0. The topological polar surface area (TPSA) is 0 Å². The normalized spacial score (nSPS) is 11.2. The van der Waals surface area contributed by atoms with Gasteiger partial charge in [0, 0.05) is 0 Å². The molecule has 0 amide bonds. The molecule has 25 heavy (non-hydrogen) atoms. The first-order valence-electron chi connectivity index (χ1n) is 8.88. The van der Waals surface area contributed by atoms with Gasteiger partial charge in [0.15, 0.2) is 0 Å². The summed E-state index contributed by atoms with van der Waals surface area (Å²) in [6.07, 6.45) is 0. The Bertz CT molecular complexity index is 799. The van der Waals surface area contributed by atoms with Crippen LogP contribution < -0.4 is 10.5 Å². The molecule has 0 fully saturated rings. The van der Waals surface area contributed by atoms with E-state index in [-0.39, 0.29) is 0 Å². The molecule has 0 unspecified atom stereocenters. The third kappa shape index (κ3) is 3.85. The van der Waals surface area contributed by atoms with Crippen molar-refractivity contribution in [2.24, 2.45) is 0 Å². The van der Waals surface area contributed by atoms with Crippen LogP contribution in [-0.4, -0.2) is 20.2 Å². The van der Waals surface area contributed by atoms with Crippen molar-refractivity contribution in [3.05, 3.63) is 88.0 Å². The van der Waals surface area contributed by atoms with Crippen molar-refractivity contribution in [3.8, 4) is 0 Å². The molecule has 0 aliphatic carbocycles. The van der Waals surface area contributed by atoms with Gasteiger partial charge in [-0.3, -0.25) is 0 Å². The number of hydrogen-bond acceptors (Lipinski definition) is 0. The molecular formula is C24H27Sb. The Hall–Kier alpha value is -1.52. The molecule has 0 saturated carbocycles. The Morgan fingerprint density at radius 2 is 0.720 bits per heavy atom. The van der Waals surface area contributed by atoms with E-state index < -0.39 is 20.2 Å². The van der Waals surface area contributed by atoms with Gasteiger partial charge in [0.25, 0.3) is 0 Å². The van der Waals surface area contributed by atoms with Gasteiger partial charge in [0.1, 0.15) is 0 Å². The van der Waals surface area contributed by atoms with E-state index in [1.165, 1.54) is 33.4 Å². The van der Waals surface area contributed by atoms with E-state index in [9.17, 15) is 0 Å². The molecule has 0 N–H and O–H groups in total. The molecular weight excluding hydrogens is 410 g/mol. The molecule has 3 rings (SSSR count). The number of benzene rings is 3. The SMILES string of the molecule is Cc1cc[c]([Sb]([c]2ccc(C)cc2C)[c]2ccc(C)cc2C)c(C)c1. The molecule has 0 aliphatic rings. The Morgan fingerprint density at radius 1 is 0.440 bits per heavy atom. The predicted octanol–water partition coefficient (Wildman–Crippen LogP) is 4.05. The molecule has 0 radical (unpaired) electrons. The van der Waals surface area contributed by atoms with Crippen LogP contribution in [0.5, 0.6) is 0 Å². The second-order valence-corrected chi connectivity index (χ2v) is 13.2. The number of hydrogen-bond donors (Lipinski definition) is 0. The second-order valence-electron chi connectivity index (χ2n) is 7.21. The molecule has 3 aromatic carbocycles. The quantitative estimate of drug-likeness (QED) is 0.543. The third-order valence-electron chi connectivity index (χ3n) is 4.78. The van der Waals surface area contributed by atoms with E-state index in [0.29, 0.717) is 0 Å². The summed E-state index contributed by atoms with van der Waals surface area (Å²) in [5.41, 5.74) is 8.39. The van der Waals surface area contributed by atoms with Crippen molar-refractivity contribution < 1.29 is 0 Å². The average Bonchev–Trinajstić information content (AvgIpc) is 2.52. The van der Waals surface area contributed by atoms with E-state index >= 15 is 0 Å². The summed E-state index contributed by atoms with van der Waals surface area (Å²) in [5, 5.41) is 0. The summed E-state index contributed by atoms with van der Waals surface area (Å²) in [6, 6.07) is 21.1. The molecule has 0 spiro atoms. The van der Waals surface area contributed by atoms with Crippen LogP contribution >= 0.6 is 0 Å². The summed E-state index contributed by atoms with van der Waals surface area (Å²) in [6.45, 7) is 13.4. The molecule has 0 aliphatic heterocycles. The first-order chi connectivity index (χ1) is 11.9. The van der Waals surface area contributed by atoms with Gasteiger partial charge in [-0.2, -0.15) is 0 Å². The first-order valence-corrected chi connectivity index (χ1v) is 12.7. The van der Waals surface area contributed by atoms with Gasteiger partial charge in [-0.05, 0) is 0 Å². The van der Waals surface area contributed by atoms with Gasteiger partial charge in [0.05, 0.1) is 0 Å². The molecule has 128 valence electrons. The molecule has 3 aromatic rings. The van der Waals surface area contributed by atoms with Crippen molar-refractivity contribution in [1.82, 2.24) is 0 Å². The van der Waals surface area contributed by atoms with Crippen molar-refractivity contribution in [3.63, 3.8) is 0 Å². The van der Waals surface area contributed by atoms with E-state index in [4.69, 9.17) is 0 Å². The maximum absolute atomic E-state index is 2.39. The van der Waals surface area contributed by atoms with Crippen LogP contribution in [-0.2, 0) is 0 Å². The Balaban J connectivity index is 2.27. The zero-order valence-corrected chi connectivity index (χ0v) is 18.7. The third-order valence-corrected chi connectivity index (χ3v) is 13.2. The fourth-order valence-corrected chi connectivity index (χ4v) is 11.3. The minimum absolute atomic E-state index is 1.35. The fourth-order valence-electron chi connectivity index (χ4n) is 3.56. The van der Waals surface area contributed by atoms with E-state index in [1.807, 2.05) is 0 Å². The van der Waals surface area contributed by atoms with Crippen LogP contribution in [0.15, 0.2) is 54.6 Å². The molecule has 0 atom stereocenters. The fraction of sp³-hybridized carbons (Fsp3) is 0.250.